The minimum absolute atomic E-state index is 0.0724. The molecule has 0 aromatic heterocycles. The number of carbonyl (C=O) groups excluding carboxylic acids is 1. The summed E-state index contributed by atoms with van der Waals surface area (Å²) in [4.78, 5) is 11.2. The van der Waals surface area contributed by atoms with Crippen molar-refractivity contribution in [3.63, 3.8) is 0 Å². The summed E-state index contributed by atoms with van der Waals surface area (Å²) in [5.74, 6) is -1.29. The summed E-state index contributed by atoms with van der Waals surface area (Å²) in [6.45, 7) is 4.75. The minimum Gasteiger partial charge on any atom is -0.465 e. The molecule has 0 N–H and O–H groups in total. The highest BCUT2D eigenvalue weighted by atomic mass is 19.1. The van der Waals surface area contributed by atoms with Crippen LogP contribution in [-0.4, -0.2) is 32.4 Å². The van der Waals surface area contributed by atoms with E-state index in [2.05, 4.69) is 4.74 Å². The second kappa shape index (κ2) is 7.36. The topological polar surface area (TPSA) is 44.8 Å². The SMILES string of the molecule is COC(=O)c1ccc(COCCC(C)(C)OC)cc1F. The molecule has 5 heteroatoms. The molecule has 0 aliphatic heterocycles. The molecule has 0 fully saturated rings. The smallest absolute Gasteiger partial charge is 0.340 e. The molecule has 20 heavy (non-hydrogen) atoms. The normalized spacial score (nSPS) is 11.4. The van der Waals surface area contributed by atoms with E-state index in [1.165, 1.54) is 19.2 Å². The Balaban J connectivity index is 2.50. The minimum atomic E-state index is -0.684. The van der Waals surface area contributed by atoms with Gasteiger partial charge in [-0.3, -0.25) is 0 Å². The Morgan fingerprint density at radius 3 is 2.55 bits per heavy atom. The van der Waals surface area contributed by atoms with Crippen molar-refractivity contribution in [2.24, 2.45) is 0 Å². The summed E-state index contributed by atoms with van der Waals surface area (Å²) in [6.07, 6.45) is 0.742. The zero-order chi connectivity index (χ0) is 15.2. The van der Waals surface area contributed by atoms with E-state index in [9.17, 15) is 9.18 Å². The first-order valence-corrected chi connectivity index (χ1v) is 6.39. The van der Waals surface area contributed by atoms with Gasteiger partial charge in [-0.05, 0) is 38.0 Å². The monoisotopic (exact) mass is 284 g/mol. The molecule has 4 nitrogen and oxygen atoms in total. The molecule has 1 aromatic rings. The molecule has 1 rings (SSSR count). The van der Waals surface area contributed by atoms with Gasteiger partial charge >= 0.3 is 5.97 Å². The number of benzene rings is 1. The second-order valence-corrected chi connectivity index (χ2v) is 5.07. The fourth-order valence-electron chi connectivity index (χ4n) is 1.53. The largest absolute Gasteiger partial charge is 0.465 e. The zero-order valence-corrected chi connectivity index (χ0v) is 12.4. The highest BCUT2D eigenvalue weighted by molar-refractivity contribution is 5.89. The highest BCUT2D eigenvalue weighted by Crippen LogP contribution is 2.15. The summed E-state index contributed by atoms with van der Waals surface area (Å²) in [5.41, 5.74) is 0.363. The summed E-state index contributed by atoms with van der Waals surface area (Å²) < 4.78 is 28.9. The van der Waals surface area contributed by atoms with Gasteiger partial charge in [0.15, 0.2) is 0 Å². The Hall–Kier alpha value is -1.46. The maximum Gasteiger partial charge on any atom is 0.340 e. The third-order valence-corrected chi connectivity index (χ3v) is 3.11. The lowest BCUT2D eigenvalue weighted by atomic mass is 10.1. The van der Waals surface area contributed by atoms with E-state index in [0.717, 1.165) is 6.42 Å². The van der Waals surface area contributed by atoms with Crippen LogP contribution in [0.1, 0.15) is 36.2 Å². The van der Waals surface area contributed by atoms with Crippen molar-refractivity contribution in [3.8, 4) is 0 Å². The Bertz CT molecular complexity index is 457. The van der Waals surface area contributed by atoms with Gasteiger partial charge < -0.3 is 14.2 Å². The van der Waals surface area contributed by atoms with E-state index >= 15 is 0 Å². The molecule has 0 atom stereocenters. The number of methoxy groups -OCH3 is 2. The number of hydrogen-bond acceptors (Lipinski definition) is 4. The Morgan fingerprint density at radius 2 is 2.00 bits per heavy atom. The van der Waals surface area contributed by atoms with Crippen molar-refractivity contribution in [1.82, 2.24) is 0 Å². The van der Waals surface area contributed by atoms with Gasteiger partial charge in [0.1, 0.15) is 5.82 Å². The number of carbonyl (C=O) groups is 1. The van der Waals surface area contributed by atoms with Crippen molar-refractivity contribution in [3.05, 3.63) is 35.1 Å². The molecule has 0 spiro atoms. The van der Waals surface area contributed by atoms with Crippen molar-refractivity contribution in [2.45, 2.75) is 32.5 Å². The van der Waals surface area contributed by atoms with Gasteiger partial charge in [-0.2, -0.15) is 0 Å². The maximum atomic E-state index is 13.7. The molecule has 0 saturated heterocycles. The summed E-state index contributed by atoms with van der Waals surface area (Å²) in [6, 6.07) is 4.34. The van der Waals surface area contributed by atoms with Crippen molar-refractivity contribution in [1.29, 1.82) is 0 Å². The zero-order valence-electron chi connectivity index (χ0n) is 12.4. The van der Waals surface area contributed by atoms with Crippen LogP contribution >= 0.6 is 0 Å². The van der Waals surface area contributed by atoms with Gasteiger partial charge in [-0.1, -0.05) is 6.07 Å². The number of hydrogen-bond donors (Lipinski definition) is 0. The Morgan fingerprint density at radius 1 is 1.30 bits per heavy atom. The van der Waals surface area contributed by atoms with E-state index in [0.29, 0.717) is 12.2 Å². The molecular formula is C15H21FO4. The summed E-state index contributed by atoms with van der Waals surface area (Å²) >= 11 is 0. The highest BCUT2D eigenvalue weighted by Gasteiger charge is 2.16. The van der Waals surface area contributed by atoms with Crippen molar-refractivity contribution >= 4 is 5.97 Å². The molecule has 0 radical (unpaired) electrons. The molecule has 112 valence electrons. The number of halogens is 1. The average Bonchev–Trinajstić information content (AvgIpc) is 2.43. The predicted molar refractivity (Wildman–Crippen MR) is 73.1 cm³/mol. The quantitative estimate of drug-likeness (QED) is 0.570. The second-order valence-electron chi connectivity index (χ2n) is 5.07. The average molecular weight is 284 g/mol. The third-order valence-electron chi connectivity index (χ3n) is 3.11. The molecule has 0 unspecified atom stereocenters. The van der Waals surface area contributed by atoms with Crippen LogP contribution in [0.25, 0.3) is 0 Å². The van der Waals surface area contributed by atoms with Gasteiger partial charge in [0, 0.05) is 13.7 Å². The maximum absolute atomic E-state index is 13.7. The van der Waals surface area contributed by atoms with Crippen LogP contribution < -0.4 is 0 Å². The standard InChI is InChI=1S/C15H21FO4/c1-15(2,19-4)7-8-20-10-11-5-6-12(13(16)9-11)14(17)18-3/h5-6,9H,7-8,10H2,1-4H3. The lowest BCUT2D eigenvalue weighted by Crippen LogP contribution is -2.24. The lowest BCUT2D eigenvalue weighted by molar-refractivity contribution is -0.0125. The van der Waals surface area contributed by atoms with E-state index in [4.69, 9.17) is 9.47 Å². The third kappa shape index (κ3) is 4.90. The molecule has 0 aliphatic carbocycles. The fraction of sp³-hybridized carbons (Fsp3) is 0.533. The van der Waals surface area contributed by atoms with E-state index < -0.39 is 11.8 Å². The first-order chi connectivity index (χ1) is 9.39. The predicted octanol–water partition coefficient (Wildman–Crippen LogP) is 2.94. The molecule has 0 bridgehead atoms. The van der Waals surface area contributed by atoms with Crippen LogP contribution in [0.15, 0.2) is 18.2 Å². The van der Waals surface area contributed by atoms with Crippen LogP contribution in [0.3, 0.4) is 0 Å². The van der Waals surface area contributed by atoms with Crippen LogP contribution in [0.2, 0.25) is 0 Å². The van der Waals surface area contributed by atoms with E-state index in [1.807, 2.05) is 13.8 Å². The van der Waals surface area contributed by atoms with Crippen molar-refractivity contribution in [2.75, 3.05) is 20.8 Å². The van der Waals surface area contributed by atoms with E-state index in [-0.39, 0.29) is 17.8 Å². The Kier molecular flexibility index (Phi) is 6.10. The summed E-state index contributed by atoms with van der Waals surface area (Å²) in [7, 11) is 2.87. The fourth-order valence-corrected chi connectivity index (χ4v) is 1.53. The summed E-state index contributed by atoms with van der Waals surface area (Å²) in [5, 5.41) is 0. The van der Waals surface area contributed by atoms with Crippen LogP contribution in [0.5, 0.6) is 0 Å². The van der Waals surface area contributed by atoms with Gasteiger partial charge in [0.2, 0.25) is 0 Å². The van der Waals surface area contributed by atoms with Gasteiger partial charge in [-0.15, -0.1) is 0 Å². The van der Waals surface area contributed by atoms with Crippen LogP contribution in [0.4, 0.5) is 4.39 Å². The first kappa shape index (κ1) is 16.6. The molecule has 0 aliphatic rings. The number of ether oxygens (including phenoxy) is 3. The van der Waals surface area contributed by atoms with Crippen molar-refractivity contribution < 1.29 is 23.4 Å². The molecule has 0 saturated carbocycles. The van der Waals surface area contributed by atoms with Crippen LogP contribution in [0, 0.1) is 5.82 Å². The first-order valence-electron chi connectivity index (χ1n) is 6.39. The van der Waals surface area contributed by atoms with Gasteiger partial charge in [0.25, 0.3) is 0 Å². The van der Waals surface area contributed by atoms with Gasteiger partial charge in [-0.25, -0.2) is 9.18 Å². The number of rotatable bonds is 7. The molecule has 1 aromatic carbocycles. The Labute approximate surface area is 118 Å². The molecule has 0 heterocycles. The molecule has 0 amide bonds. The van der Waals surface area contributed by atoms with Crippen LogP contribution in [-0.2, 0) is 20.8 Å². The van der Waals surface area contributed by atoms with Gasteiger partial charge in [0.05, 0.1) is 24.9 Å². The number of esters is 1. The lowest BCUT2D eigenvalue weighted by Gasteiger charge is -2.22. The van der Waals surface area contributed by atoms with E-state index in [1.54, 1.807) is 13.2 Å². The molecular weight excluding hydrogens is 263 g/mol.